The zero-order valence-corrected chi connectivity index (χ0v) is 17.5. The Morgan fingerprint density at radius 2 is 2.04 bits per heavy atom. The summed E-state index contributed by atoms with van der Waals surface area (Å²) < 4.78 is 0. The van der Waals surface area contributed by atoms with Gasteiger partial charge in [0.2, 0.25) is 5.91 Å². The zero-order chi connectivity index (χ0) is 19.5. The molecule has 3 aromatic rings. The second kappa shape index (κ2) is 8.28. The molecule has 0 spiro atoms. The van der Waals surface area contributed by atoms with Crippen LogP contribution in [0.1, 0.15) is 23.3 Å². The van der Waals surface area contributed by atoms with Crippen LogP contribution in [-0.4, -0.2) is 45.1 Å². The monoisotopic (exact) mass is 458 g/mol. The Morgan fingerprint density at radius 3 is 2.82 bits per heavy atom. The van der Waals surface area contributed by atoms with Gasteiger partial charge in [0.25, 0.3) is 5.91 Å². The second-order valence-electron chi connectivity index (χ2n) is 6.60. The Bertz CT molecular complexity index is 1010. The predicted octanol–water partition coefficient (Wildman–Crippen LogP) is 4.37. The maximum Gasteiger partial charge on any atom is 0.270 e. The topological polar surface area (TPSA) is 78.1 Å². The molecule has 0 saturated carbocycles. The number of hydrogen-bond donors (Lipinski definition) is 2. The molecule has 4 rings (SSSR count). The number of benzene rings is 1. The van der Waals surface area contributed by atoms with E-state index in [1.54, 1.807) is 0 Å². The number of thiazole rings is 1. The maximum absolute atomic E-state index is 12.5. The number of nitrogens with one attached hydrogen (secondary N) is 2. The van der Waals surface area contributed by atoms with E-state index in [4.69, 9.17) is 4.98 Å². The Balaban J connectivity index is 1.53. The lowest BCUT2D eigenvalue weighted by Crippen LogP contribution is -2.27. The van der Waals surface area contributed by atoms with Crippen molar-refractivity contribution in [2.24, 2.45) is 0 Å². The summed E-state index contributed by atoms with van der Waals surface area (Å²) in [6.07, 6.45) is 3.97. The van der Waals surface area contributed by atoms with Crippen molar-refractivity contribution < 1.29 is 9.59 Å². The molecule has 0 bridgehead atoms. The van der Waals surface area contributed by atoms with E-state index < -0.39 is 0 Å². The summed E-state index contributed by atoms with van der Waals surface area (Å²) in [5, 5.41) is 5.92. The van der Waals surface area contributed by atoms with E-state index in [0.29, 0.717) is 5.69 Å². The summed E-state index contributed by atoms with van der Waals surface area (Å²) in [5.41, 5.74) is 4.00. The van der Waals surface area contributed by atoms with Crippen molar-refractivity contribution in [1.29, 1.82) is 0 Å². The highest BCUT2D eigenvalue weighted by molar-refractivity contribution is 9.09. The molecule has 0 atom stereocenters. The predicted molar refractivity (Wildman–Crippen MR) is 115 cm³/mol. The van der Waals surface area contributed by atoms with Crippen LogP contribution >= 0.6 is 27.3 Å². The van der Waals surface area contributed by atoms with Gasteiger partial charge < -0.3 is 15.2 Å². The molecule has 0 aliphatic carbocycles. The van der Waals surface area contributed by atoms with E-state index in [1.165, 1.54) is 11.3 Å². The van der Waals surface area contributed by atoms with E-state index in [-0.39, 0.29) is 17.1 Å². The zero-order valence-electron chi connectivity index (χ0n) is 15.1. The highest BCUT2D eigenvalue weighted by Crippen LogP contribution is 2.30. The van der Waals surface area contributed by atoms with Crippen LogP contribution in [0.5, 0.6) is 0 Å². The van der Waals surface area contributed by atoms with Crippen molar-refractivity contribution in [3.8, 4) is 21.8 Å². The second-order valence-corrected chi connectivity index (χ2v) is 8.02. The number of nitrogens with zero attached hydrogens (tertiary/aromatic N) is 2. The first-order chi connectivity index (χ1) is 13.6. The normalized spacial score (nSPS) is 13.7. The molecule has 0 radical (unpaired) electrons. The fourth-order valence-corrected chi connectivity index (χ4v) is 4.19. The minimum absolute atomic E-state index is 0.0504. The average Bonchev–Trinajstić information content (AvgIpc) is 3.48. The third-order valence-electron chi connectivity index (χ3n) is 4.62. The number of alkyl halides is 1. The molecular weight excluding hydrogens is 440 g/mol. The Morgan fingerprint density at radius 1 is 1.21 bits per heavy atom. The number of likely N-dealkylation sites (tertiary alicyclic amines) is 1. The first-order valence-electron chi connectivity index (χ1n) is 9.04. The van der Waals surface area contributed by atoms with Gasteiger partial charge in [-0.1, -0.05) is 28.1 Å². The van der Waals surface area contributed by atoms with Gasteiger partial charge in [-0.05, 0) is 31.0 Å². The van der Waals surface area contributed by atoms with Gasteiger partial charge in [0.1, 0.15) is 10.7 Å². The van der Waals surface area contributed by atoms with E-state index in [2.05, 4.69) is 26.2 Å². The SMILES string of the molecule is O=C(CBr)Nc1cccc(-c2nc(-c3c[nH]c(C(=O)N4CCCC4)c3)cs2)c1. The number of carbonyl (C=O) groups excluding carboxylic acids is 2. The molecule has 1 aliphatic rings. The fraction of sp³-hybridized carbons (Fsp3) is 0.250. The lowest BCUT2D eigenvalue weighted by Gasteiger charge is -2.13. The van der Waals surface area contributed by atoms with Crippen molar-refractivity contribution in [2.75, 3.05) is 23.7 Å². The fourth-order valence-electron chi connectivity index (χ4n) is 3.22. The van der Waals surface area contributed by atoms with Gasteiger partial charge in [0.05, 0.1) is 11.0 Å². The van der Waals surface area contributed by atoms with Crippen molar-refractivity contribution >= 4 is 44.8 Å². The number of H-pyrrole nitrogens is 1. The molecule has 8 heteroatoms. The molecule has 2 aromatic heterocycles. The summed E-state index contributed by atoms with van der Waals surface area (Å²) >= 11 is 4.68. The van der Waals surface area contributed by atoms with Crippen LogP contribution in [0.25, 0.3) is 21.8 Å². The first-order valence-corrected chi connectivity index (χ1v) is 11.0. The minimum Gasteiger partial charge on any atom is -0.357 e. The van der Waals surface area contributed by atoms with E-state index >= 15 is 0 Å². The third kappa shape index (κ3) is 4.02. The number of amides is 2. The van der Waals surface area contributed by atoms with Crippen molar-refractivity contribution in [3.63, 3.8) is 0 Å². The molecule has 3 heterocycles. The largest absolute Gasteiger partial charge is 0.357 e. The Hall–Kier alpha value is -2.45. The molecule has 0 unspecified atom stereocenters. The number of aromatic amines is 1. The molecule has 1 aromatic carbocycles. The van der Waals surface area contributed by atoms with Gasteiger partial charge in [-0.2, -0.15) is 0 Å². The van der Waals surface area contributed by atoms with Crippen LogP contribution in [0.3, 0.4) is 0 Å². The van der Waals surface area contributed by atoms with E-state index in [0.717, 1.165) is 53.4 Å². The molecule has 2 N–H and O–H groups in total. The van der Waals surface area contributed by atoms with Crippen molar-refractivity contribution in [2.45, 2.75) is 12.8 Å². The van der Waals surface area contributed by atoms with Crippen LogP contribution in [0.2, 0.25) is 0 Å². The quantitative estimate of drug-likeness (QED) is 0.556. The molecule has 144 valence electrons. The van der Waals surface area contributed by atoms with Crippen LogP contribution in [0.4, 0.5) is 5.69 Å². The van der Waals surface area contributed by atoms with Crippen LogP contribution in [-0.2, 0) is 4.79 Å². The molecule has 1 aliphatic heterocycles. The number of anilines is 1. The first kappa shape index (κ1) is 18.9. The summed E-state index contributed by atoms with van der Waals surface area (Å²) in [5.74, 6) is -0.0473. The maximum atomic E-state index is 12.5. The van der Waals surface area contributed by atoms with Crippen molar-refractivity contribution in [3.05, 3.63) is 47.6 Å². The Labute approximate surface area is 175 Å². The van der Waals surface area contributed by atoms with Gasteiger partial charge in [0, 0.05) is 41.5 Å². The molecule has 1 saturated heterocycles. The average molecular weight is 459 g/mol. The van der Waals surface area contributed by atoms with Gasteiger partial charge in [-0.3, -0.25) is 9.59 Å². The minimum atomic E-state index is -0.0977. The standard InChI is InChI=1S/C20H19BrN4O2S/c21-10-18(26)23-15-5-3-4-13(8-15)19-24-17(12-28-19)14-9-16(22-11-14)20(27)25-6-1-2-7-25/h3-5,8-9,11-12,22H,1-2,6-7,10H2,(H,23,26). The summed E-state index contributed by atoms with van der Waals surface area (Å²) in [4.78, 5) is 33.8. The lowest BCUT2D eigenvalue weighted by molar-refractivity contribution is -0.113. The van der Waals surface area contributed by atoms with Gasteiger partial charge in [-0.25, -0.2) is 4.98 Å². The lowest BCUT2D eigenvalue weighted by atomic mass is 10.2. The van der Waals surface area contributed by atoms with E-state index in [1.807, 2.05) is 46.8 Å². The smallest absolute Gasteiger partial charge is 0.270 e. The van der Waals surface area contributed by atoms with Crippen LogP contribution in [0.15, 0.2) is 41.9 Å². The highest BCUT2D eigenvalue weighted by atomic mass is 79.9. The number of hydrogen-bond acceptors (Lipinski definition) is 4. The molecule has 6 nitrogen and oxygen atoms in total. The summed E-state index contributed by atoms with van der Waals surface area (Å²) in [6, 6.07) is 9.48. The third-order valence-corrected chi connectivity index (χ3v) is 6.02. The van der Waals surface area contributed by atoms with Crippen LogP contribution in [0, 0.1) is 0 Å². The Kier molecular flexibility index (Phi) is 5.59. The highest BCUT2D eigenvalue weighted by Gasteiger charge is 2.21. The number of carbonyl (C=O) groups is 2. The molecule has 2 amide bonds. The molecular formula is C20H19BrN4O2S. The van der Waals surface area contributed by atoms with Gasteiger partial charge in [0.15, 0.2) is 0 Å². The number of halogens is 1. The summed E-state index contributed by atoms with van der Waals surface area (Å²) in [7, 11) is 0. The summed E-state index contributed by atoms with van der Waals surface area (Å²) in [6.45, 7) is 1.66. The van der Waals surface area contributed by atoms with Gasteiger partial charge in [-0.15, -0.1) is 11.3 Å². The van der Waals surface area contributed by atoms with Crippen LogP contribution < -0.4 is 5.32 Å². The molecule has 28 heavy (non-hydrogen) atoms. The molecule has 1 fully saturated rings. The number of aromatic nitrogens is 2. The number of rotatable bonds is 5. The van der Waals surface area contributed by atoms with E-state index in [9.17, 15) is 9.59 Å². The van der Waals surface area contributed by atoms with Crippen molar-refractivity contribution in [1.82, 2.24) is 14.9 Å². The van der Waals surface area contributed by atoms with Gasteiger partial charge >= 0.3 is 0 Å².